The van der Waals surface area contributed by atoms with E-state index in [-0.39, 0.29) is 25.7 Å². The zero-order valence-electron chi connectivity index (χ0n) is 51.4. The second-order valence-electron chi connectivity index (χ2n) is 23.0. The van der Waals surface area contributed by atoms with Crippen LogP contribution < -0.4 is 0 Å². The monoisotopic (exact) mass is 1180 g/mol. The summed E-state index contributed by atoms with van der Waals surface area (Å²) in [6, 6.07) is 0. The van der Waals surface area contributed by atoms with Crippen molar-refractivity contribution in [3.63, 3.8) is 0 Å². The number of unbranched alkanes of at least 4 members (excludes halogenated alkanes) is 30. The molecule has 0 aliphatic rings. The van der Waals surface area contributed by atoms with Crippen LogP contribution in [0.3, 0.4) is 0 Å². The number of carbonyl (C=O) groups excluding carboxylic acids is 4. The number of esters is 4. The van der Waals surface area contributed by atoms with Gasteiger partial charge in [0.1, 0.15) is 19.3 Å². The van der Waals surface area contributed by atoms with Crippen molar-refractivity contribution >= 4 is 39.5 Å². The van der Waals surface area contributed by atoms with Crippen LogP contribution in [-0.4, -0.2) is 96.7 Å². The topological polar surface area (TPSA) is 237 Å². The summed E-state index contributed by atoms with van der Waals surface area (Å²) in [7, 11) is -9.87. The van der Waals surface area contributed by atoms with Gasteiger partial charge in [-0.15, -0.1) is 0 Å². The maximum atomic E-state index is 12.9. The molecule has 0 bridgehead atoms. The smallest absolute Gasteiger partial charge is 0.462 e. The minimum Gasteiger partial charge on any atom is -0.462 e. The maximum absolute atomic E-state index is 12.9. The zero-order valence-corrected chi connectivity index (χ0v) is 53.2. The third-order valence-corrected chi connectivity index (χ3v) is 15.9. The lowest BCUT2D eigenvalue weighted by Gasteiger charge is -2.21. The molecule has 0 aromatic rings. The fraction of sp³-hybridized carbons (Fsp3) is 0.934. The Morgan fingerprint density at radius 3 is 0.850 bits per heavy atom. The number of hydrogen-bond acceptors (Lipinski definition) is 15. The van der Waals surface area contributed by atoms with Crippen molar-refractivity contribution in [1.82, 2.24) is 0 Å². The summed E-state index contributed by atoms with van der Waals surface area (Å²) in [4.78, 5) is 71.8. The van der Waals surface area contributed by atoms with Gasteiger partial charge in [0, 0.05) is 25.7 Å². The van der Waals surface area contributed by atoms with Crippen molar-refractivity contribution in [3.05, 3.63) is 0 Å². The highest BCUT2D eigenvalue weighted by atomic mass is 31.2. The first kappa shape index (κ1) is 78.1. The van der Waals surface area contributed by atoms with Crippen LogP contribution in [0, 0.1) is 11.8 Å². The van der Waals surface area contributed by atoms with Crippen LogP contribution in [0.2, 0.25) is 0 Å². The lowest BCUT2D eigenvalue weighted by molar-refractivity contribution is -0.161. The molecule has 0 saturated carbocycles. The number of aliphatic hydroxyl groups excluding tert-OH is 1. The van der Waals surface area contributed by atoms with E-state index in [1.54, 1.807) is 0 Å². The van der Waals surface area contributed by atoms with E-state index in [9.17, 15) is 43.2 Å². The third-order valence-electron chi connectivity index (χ3n) is 14.0. The molecule has 0 fully saturated rings. The predicted molar refractivity (Wildman–Crippen MR) is 317 cm³/mol. The number of ether oxygens (including phenoxy) is 4. The van der Waals surface area contributed by atoms with E-state index in [4.69, 9.17) is 37.0 Å². The normalized spacial score (nSPS) is 14.4. The van der Waals surface area contributed by atoms with Crippen molar-refractivity contribution < 1.29 is 80.2 Å². The van der Waals surface area contributed by atoms with Crippen molar-refractivity contribution in [2.24, 2.45) is 11.8 Å². The van der Waals surface area contributed by atoms with Gasteiger partial charge in [-0.05, 0) is 37.5 Å². The number of aliphatic hydroxyl groups is 1. The van der Waals surface area contributed by atoms with E-state index in [1.165, 1.54) is 109 Å². The first-order chi connectivity index (χ1) is 38.4. The Morgan fingerprint density at radius 2 is 0.575 bits per heavy atom. The van der Waals surface area contributed by atoms with Crippen LogP contribution in [0.5, 0.6) is 0 Å². The lowest BCUT2D eigenvalue weighted by atomic mass is 10.0. The van der Waals surface area contributed by atoms with Crippen molar-refractivity contribution in [2.75, 3.05) is 39.6 Å². The van der Waals surface area contributed by atoms with Crippen LogP contribution in [0.15, 0.2) is 0 Å². The third kappa shape index (κ3) is 55.3. The molecule has 0 amide bonds. The summed E-state index contributed by atoms with van der Waals surface area (Å²) in [6.45, 7) is 9.34. The molecule has 5 atom stereocenters. The standard InChI is InChI=1S/C61H118O17P2/c1-7-9-11-13-14-15-16-20-27-33-39-45-60(65)77-56(49-71-58(63)43-37-29-12-10-8-2)51-75-79(67,68)73-47-55(62)48-74-80(69,70)76-52-57(50-72-59(64)44-38-32-26-23-22-25-31-36-42-54(5)6)78-61(66)46-40-34-28-21-18-17-19-24-30-35-41-53(3)4/h53-57,62H,7-52H2,1-6H3,(H,67,68)(H,69,70)/t55-,56+,57+/m0/s1. The molecular weight excluding hydrogens is 1070 g/mol. The molecule has 2 unspecified atom stereocenters. The van der Waals surface area contributed by atoms with Gasteiger partial charge in [-0.2, -0.15) is 0 Å². The molecule has 0 rings (SSSR count). The second-order valence-corrected chi connectivity index (χ2v) is 25.9. The lowest BCUT2D eigenvalue weighted by Crippen LogP contribution is -2.30. The number of phosphoric acid groups is 2. The number of rotatable bonds is 60. The molecule has 0 aliphatic carbocycles. The molecule has 0 aliphatic heterocycles. The average Bonchev–Trinajstić information content (AvgIpc) is 3.41. The Morgan fingerprint density at radius 1 is 0.338 bits per heavy atom. The summed E-state index contributed by atoms with van der Waals surface area (Å²) < 4.78 is 67.7. The Balaban J connectivity index is 5.19. The van der Waals surface area contributed by atoms with Gasteiger partial charge in [0.25, 0.3) is 0 Å². The van der Waals surface area contributed by atoms with Gasteiger partial charge in [-0.25, -0.2) is 9.13 Å². The van der Waals surface area contributed by atoms with E-state index in [0.717, 1.165) is 108 Å². The van der Waals surface area contributed by atoms with Gasteiger partial charge in [-0.3, -0.25) is 37.3 Å². The molecule has 3 N–H and O–H groups in total. The van der Waals surface area contributed by atoms with Crippen molar-refractivity contribution in [1.29, 1.82) is 0 Å². The molecule has 474 valence electrons. The molecule has 17 nitrogen and oxygen atoms in total. The summed E-state index contributed by atoms with van der Waals surface area (Å²) in [6.07, 6.45) is 35.1. The van der Waals surface area contributed by atoms with Crippen LogP contribution in [0.4, 0.5) is 0 Å². The highest BCUT2D eigenvalue weighted by Gasteiger charge is 2.30. The van der Waals surface area contributed by atoms with Gasteiger partial charge in [0.15, 0.2) is 12.2 Å². The van der Waals surface area contributed by atoms with Crippen molar-refractivity contribution in [3.8, 4) is 0 Å². The van der Waals surface area contributed by atoms with E-state index in [0.29, 0.717) is 25.7 Å². The Bertz CT molecular complexity index is 1580. The molecule has 0 saturated heterocycles. The highest BCUT2D eigenvalue weighted by molar-refractivity contribution is 7.47. The Hall–Kier alpha value is -1.94. The largest absolute Gasteiger partial charge is 0.472 e. The van der Waals surface area contributed by atoms with Crippen molar-refractivity contribution in [2.45, 2.75) is 317 Å². The maximum Gasteiger partial charge on any atom is 0.472 e. The summed E-state index contributed by atoms with van der Waals surface area (Å²) >= 11 is 0. The number of carbonyl (C=O) groups is 4. The Labute approximate surface area is 486 Å². The predicted octanol–water partition coefficient (Wildman–Crippen LogP) is 16.5. The molecular formula is C61H118O17P2. The summed E-state index contributed by atoms with van der Waals surface area (Å²) in [5.74, 6) is -0.670. The minimum atomic E-state index is -4.94. The van der Waals surface area contributed by atoms with Crippen LogP contribution in [0.25, 0.3) is 0 Å². The SMILES string of the molecule is CCCCCCCCCCCCCC(=O)O[C@H](COC(=O)CCCCCCC)COP(=O)(O)OC[C@H](O)COP(=O)(O)OC[C@@H](COC(=O)CCCCCCCCCCC(C)C)OC(=O)CCCCCCCCCCCCC(C)C. The van der Waals surface area contributed by atoms with E-state index < -0.39 is 97.5 Å². The molecule has 0 aromatic carbocycles. The second kappa shape index (κ2) is 53.8. The summed E-state index contributed by atoms with van der Waals surface area (Å²) in [5.41, 5.74) is 0. The molecule has 0 heterocycles. The molecule has 0 radical (unpaired) electrons. The van der Waals surface area contributed by atoms with Crippen LogP contribution in [0.1, 0.15) is 298 Å². The fourth-order valence-electron chi connectivity index (χ4n) is 9.00. The summed E-state index contributed by atoms with van der Waals surface area (Å²) in [5, 5.41) is 10.5. The number of hydrogen-bond donors (Lipinski definition) is 3. The van der Waals surface area contributed by atoms with Crippen LogP contribution >= 0.6 is 15.6 Å². The first-order valence-corrected chi connectivity index (χ1v) is 35.0. The van der Waals surface area contributed by atoms with Gasteiger partial charge in [0.2, 0.25) is 0 Å². The highest BCUT2D eigenvalue weighted by Crippen LogP contribution is 2.45. The van der Waals surface area contributed by atoms with Crippen LogP contribution in [-0.2, 0) is 65.4 Å². The quantitative estimate of drug-likeness (QED) is 0.0222. The van der Waals surface area contributed by atoms with Gasteiger partial charge >= 0.3 is 39.5 Å². The molecule has 19 heteroatoms. The van der Waals surface area contributed by atoms with Gasteiger partial charge in [0.05, 0.1) is 26.4 Å². The first-order valence-electron chi connectivity index (χ1n) is 32.0. The molecule has 80 heavy (non-hydrogen) atoms. The number of phosphoric ester groups is 2. The van der Waals surface area contributed by atoms with Gasteiger partial charge in [-0.1, -0.05) is 247 Å². The van der Waals surface area contributed by atoms with E-state index in [1.807, 2.05) is 0 Å². The Kier molecular flexibility index (Phi) is 52.5. The van der Waals surface area contributed by atoms with E-state index in [2.05, 4.69) is 41.5 Å². The molecule has 0 aromatic heterocycles. The molecule has 0 spiro atoms. The fourth-order valence-corrected chi connectivity index (χ4v) is 10.6. The zero-order chi connectivity index (χ0) is 59.4. The van der Waals surface area contributed by atoms with E-state index >= 15 is 0 Å². The average molecular weight is 1190 g/mol. The minimum absolute atomic E-state index is 0.105. The van der Waals surface area contributed by atoms with Gasteiger partial charge < -0.3 is 33.8 Å².